The van der Waals surface area contributed by atoms with Gasteiger partial charge in [-0.3, -0.25) is 4.79 Å². The van der Waals surface area contributed by atoms with Crippen LogP contribution < -0.4 is 0 Å². The van der Waals surface area contributed by atoms with Crippen molar-refractivity contribution in [3.63, 3.8) is 0 Å². The molecule has 1 N–H and O–H groups in total. The predicted molar refractivity (Wildman–Crippen MR) is 94.6 cm³/mol. The number of halogens is 2. The van der Waals surface area contributed by atoms with Gasteiger partial charge in [-0.15, -0.1) is 0 Å². The Hall–Kier alpha value is -1.59. The van der Waals surface area contributed by atoms with Crippen LogP contribution in [0.25, 0.3) is 10.9 Å². The van der Waals surface area contributed by atoms with Crippen molar-refractivity contribution in [2.45, 2.75) is 6.92 Å². The lowest BCUT2D eigenvalue weighted by molar-refractivity contribution is 0.103. The van der Waals surface area contributed by atoms with Crippen LogP contribution in [-0.4, -0.2) is 15.5 Å². The zero-order valence-corrected chi connectivity index (χ0v) is 15.2. The number of aromatic nitrogens is 1. The van der Waals surface area contributed by atoms with Gasteiger partial charge in [0.25, 0.3) is 0 Å². The van der Waals surface area contributed by atoms with E-state index in [1.54, 1.807) is 12.1 Å². The molecule has 0 aliphatic heterocycles. The van der Waals surface area contributed by atoms with Gasteiger partial charge in [0.05, 0.1) is 14.5 Å². The summed E-state index contributed by atoms with van der Waals surface area (Å²) in [5.41, 5.74) is 3.17. The molecule has 0 amide bonds. The molecule has 3 nitrogen and oxygen atoms in total. The van der Waals surface area contributed by atoms with Crippen molar-refractivity contribution in [1.29, 1.82) is 0 Å². The predicted octanol–water partition coefficient (Wildman–Crippen LogP) is 4.95. The number of carbonyl (C=O) groups excluding carboxylic acids is 1. The van der Waals surface area contributed by atoms with E-state index in [2.05, 4.69) is 31.9 Å². The second kappa shape index (κ2) is 5.56. The van der Waals surface area contributed by atoms with E-state index in [1.807, 2.05) is 42.8 Å². The van der Waals surface area contributed by atoms with Crippen molar-refractivity contribution in [3.8, 4) is 5.75 Å². The first kappa shape index (κ1) is 15.3. The highest BCUT2D eigenvalue weighted by atomic mass is 79.9. The maximum absolute atomic E-state index is 13.0. The minimum Gasteiger partial charge on any atom is -0.506 e. The minimum absolute atomic E-state index is 0.0595. The third-order valence-corrected chi connectivity index (χ3v) is 5.11. The first-order chi connectivity index (χ1) is 10.4. The summed E-state index contributed by atoms with van der Waals surface area (Å²) in [7, 11) is 1.96. The lowest BCUT2D eigenvalue weighted by Crippen LogP contribution is -2.04. The zero-order chi connectivity index (χ0) is 16.0. The summed E-state index contributed by atoms with van der Waals surface area (Å²) in [6.45, 7) is 1.94. The van der Waals surface area contributed by atoms with E-state index >= 15 is 0 Å². The highest BCUT2D eigenvalue weighted by Crippen LogP contribution is 2.35. The quantitative estimate of drug-likeness (QED) is 0.593. The molecule has 1 aromatic heterocycles. The molecule has 1 heterocycles. The Balaban J connectivity index is 2.24. The maximum atomic E-state index is 13.0. The summed E-state index contributed by atoms with van der Waals surface area (Å²) >= 11 is 6.55. The standard InChI is InChI=1S/C17H13Br2NO2/c1-9-15(11-5-3-4-6-14(11)20(9)2)16(21)10-7-12(18)17(22)13(19)8-10/h3-8,22H,1-2H3. The van der Waals surface area contributed by atoms with Crippen LogP contribution in [0.1, 0.15) is 21.6 Å². The molecule has 3 rings (SSSR count). The number of rotatable bonds is 2. The van der Waals surface area contributed by atoms with E-state index in [9.17, 15) is 9.90 Å². The van der Waals surface area contributed by atoms with Gasteiger partial charge in [-0.1, -0.05) is 18.2 Å². The molecule has 0 aliphatic rings. The minimum atomic E-state index is -0.0595. The molecule has 0 spiro atoms. The van der Waals surface area contributed by atoms with Crippen LogP contribution in [0.15, 0.2) is 45.3 Å². The Bertz CT molecular complexity index is 889. The van der Waals surface area contributed by atoms with Gasteiger partial charge in [0.2, 0.25) is 0 Å². The number of hydrogen-bond acceptors (Lipinski definition) is 2. The first-order valence-corrected chi connectivity index (χ1v) is 8.27. The van der Waals surface area contributed by atoms with Crippen LogP contribution in [-0.2, 0) is 7.05 Å². The third kappa shape index (κ3) is 2.29. The van der Waals surface area contributed by atoms with E-state index in [1.165, 1.54) is 0 Å². The average Bonchev–Trinajstić information content (AvgIpc) is 2.76. The molecule has 2 aromatic carbocycles. The highest BCUT2D eigenvalue weighted by Gasteiger charge is 2.21. The SMILES string of the molecule is Cc1c(C(=O)c2cc(Br)c(O)c(Br)c2)c2ccccc2n1C. The van der Waals surface area contributed by atoms with Crippen LogP contribution in [0.4, 0.5) is 0 Å². The summed E-state index contributed by atoms with van der Waals surface area (Å²) in [5.74, 6) is 0.0295. The number of fused-ring (bicyclic) bond motifs is 1. The number of aryl methyl sites for hydroxylation is 1. The van der Waals surface area contributed by atoms with E-state index in [0.29, 0.717) is 20.1 Å². The molecule has 0 radical (unpaired) electrons. The van der Waals surface area contributed by atoms with Gasteiger partial charge in [0.1, 0.15) is 5.75 Å². The molecule has 0 atom stereocenters. The molecule has 0 unspecified atom stereocenters. The van der Waals surface area contributed by atoms with Crippen molar-refractivity contribution in [2.75, 3.05) is 0 Å². The fraction of sp³-hybridized carbons (Fsp3) is 0.118. The maximum Gasteiger partial charge on any atom is 0.195 e. The lowest BCUT2D eigenvalue weighted by atomic mass is 10.0. The Morgan fingerprint density at radius 2 is 1.73 bits per heavy atom. The Labute approximate surface area is 144 Å². The number of aromatic hydroxyl groups is 1. The molecular formula is C17H13Br2NO2. The van der Waals surface area contributed by atoms with Crippen molar-refractivity contribution >= 4 is 48.5 Å². The number of phenols is 1. The second-order valence-electron chi connectivity index (χ2n) is 5.15. The summed E-state index contributed by atoms with van der Waals surface area (Å²) in [5, 5.41) is 10.7. The first-order valence-electron chi connectivity index (χ1n) is 6.68. The fourth-order valence-corrected chi connectivity index (χ4v) is 3.83. The molecular weight excluding hydrogens is 410 g/mol. The summed E-state index contributed by atoms with van der Waals surface area (Å²) in [6.07, 6.45) is 0. The number of ketones is 1. The number of carbonyl (C=O) groups is 1. The Morgan fingerprint density at radius 3 is 2.36 bits per heavy atom. The van der Waals surface area contributed by atoms with E-state index in [4.69, 9.17) is 0 Å². The molecule has 3 aromatic rings. The Kier molecular flexibility index (Phi) is 3.87. The van der Waals surface area contributed by atoms with Gasteiger partial charge < -0.3 is 9.67 Å². The van der Waals surface area contributed by atoms with Gasteiger partial charge >= 0.3 is 0 Å². The van der Waals surface area contributed by atoms with Crippen molar-refractivity contribution in [2.24, 2.45) is 7.05 Å². The monoisotopic (exact) mass is 421 g/mol. The molecule has 5 heteroatoms. The summed E-state index contributed by atoms with van der Waals surface area (Å²) < 4.78 is 3.00. The van der Waals surface area contributed by atoms with Crippen LogP contribution in [0.3, 0.4) is 0 Å². The zero-order valence-electron chi connectivity index (χ0n) is 12.0. The van der Waals surface area contributed by atoms with Crippen molar-refractivity contribution in [3.05, 3.63) is 62.2 Å². The molecule has 0 saturated carbocycles. The number of hydrogen-bond donors (Lipinski definition) is 1. The lowest BCUT2D eigenvalue weighted by Gasteiger charge is -2.06. The second-order valence-corrected chi connectivity index (χ2v) is 6.86. The average molecular weight is 423 g/mol. The number of nitrogens with zero attached hydrogens (tertiary/aromatic N) is 1. The molecule has 0 bridgehead atoms. The summed E-state index contributed by atoms with van der Waals surface area (Å²) in [4.78, 5) is 13.0. The smallest absolute Gasteiger partial charge is 0.195 e. The van der Waals surface area contributed by atoms with Crippen LogP contribution >= 0.6 is 31.9 Å². The molecule has 0 aliphatic carbocycles. The van der Waals surface area contributed by atoms with Crippen LogP contribution in [0.2, 0.25) is 0 Å². The van der Waals surface area contributed by atoms with E-state index in [0.717, 1.165) is 16.6 Å². The Morgan fingerprint density at radius 1 is 1.14 bits per heavy atom. The van der Waals surface area contributed by atoms with Crippen LogP contribution in [0, 0.1) is 6.92 Å². The number of benzene rings is 2. The third-order valence-electron chi connectivity index (χ3n) is 3.91. The topological polar surface area (TPSA) is 42.2 Å². The molecule has 0 fully saturated rings. The van der Waals surface area contributed by atoms with Crippen LogP contribution in [0.5, 0.6) is 5.75 Å². The summed E-state index contributed by atoms with van der Waals surface area (Å²) in [6, 6.07) is 11.1. The molecule has 0 saturated heterocycles. The molecule has 22 heavy (non-hydrogen) atoms. The van der Waals surface area contributed by atoms with Gasteiger partial charge in [-0.2, -0.15) is 0 Å². The van der Waals surface area contributed by atoms with Gasteiger partial charge in [0, 0.05) is 29.2 Å². The fourth-order valence-electron chi connectivity index (χ4n) is 2.65. The van der Waals surface area contributed by atoms with Gasteiger partial charge in [-0.05, 0) is 57.0 Å². The van der Waals surface area contributed by atoms with Gasteiger partial charge in [0.15, 0.2) is 5.78 Å². The number of phenolic OH excluding ortho intramolecular Hbond substituents is 1. The normalized spacial score (nSPS) is 11.1. The van der Waals surface area contributed by atoms with E-state index < -0.39 is 0 Å². The number of para-hydroxylation sites is 1. The van der Waals surface area contributed by atoms with Crippen molar-refractivity contribution < 1.29 is 9.90 Å². The largest absolute Gasteiger partial charge is 0.506 e. The molecule has 112 valence electrons. The van der Waals surface area contributed by atoms with E-state index in [-0.39, 0.29) is 11.5 Å². The van der Waals surface area contributed by atoms with Gasteiger partial charge in [-0.25, -0.2) is 0 Å². The van der Waals surface area contributed by atoms with Crippen molar-refractivity contribution in [1.82, 2.24) is 4.57 Å². The highest BCUT2D eigenvalue weighted by molar-refractivity contribution is 9.11.